The summed E-state index contributed by atoms with van der Waals surface area (Å²) in [5.74, 6) is 1.21. The van der Waals surface area contributed by atoms with E-state index in [0.29, 0.717) is 48.6 Å². The molecule has 0 radical (unpaired) electrons. The number of benzene rings is 2. The van der Waals surface area contributed by atoms with Gasteiger partial charge in [-0.3, -0.25) is 19.3 Å². The summed E-state index contributed by atoms with van der Waals surface area (Å²) in [5, 5.41) is 3.18. The summed E-state index contributed by atoms with van der Waals surface area (Å²) in [6.45, 7) is 7.26. The van der Waals surface area contributed by atoms with E-state index in [2.05, 4.69) is 10.2 Å². The third-order valence-corrected chi connectivity index (χ3v) is 8.12. The van der Waals surface area contributed by atoms with E-state index in [4.69, 9.17) is 14.2 Å². The second-order valence-corrected chi connectivity index (χ2v) is 11.1. The highest BCUT2D eigenvalue weighted by molar-refractivity contribution is 5.97. The van der Waals surface area contributed by atoms with Crippen molar-refractivity contribution in [2.24, 2.45) is 0 Å². The molecule has 0 aliphatic carbocycles. The molecular formula is C31H40N4O6. The van der Waals surface area contributed by atoms with Gasteiger partial charge in [-0.25, -0.2) is 0 Å². The topological polar surface area (TPSA) is 101 Å². The lowest BCUT2D eigenvalue weighted by atomic mass is 9.96. The van der Waals surface area contributed by atoms with E-state index in [1.165, 1.54) is 4.90 Å². The number of carbonyl (C=O) groups is 3. The maximum Gasteiger partial charge on any atom is 0.254 e. The fourth-order valence-electron chi connectivity index (χ4n) is 5.97. The van der Waals surface area contributed by atoms with Crippen molar-refractivity contribution in [3.8, 4) is 17.2 Å². The standard InChI is InChI=1S/C31H40N4O6/c1-4-39-26-15-23-16-27(17-26)41-25-7-5-6-22(14-25)20-40-29-10-13-35(24-8-11-34(12-9-24)21(2)36)18-28(29)32-30(37)19-33(3)31(23)38/h5-7,14-17,24,28-29H,4,8-13,18-20H2,1-3H3,(H,32,37)/t28-,29+/m0/s1. The number of nitrogens with zero attached hydrogens (tertiary/aromatic N) is 3. The molecule has 0 aromatic heterocycles. The summed E-state index contributed by atoms with van der Waals surface area (Å²) in [7, 11) is 1.62. The minimum absolute atomic E-state index is 0.0901. The van der Waals surface area contributed by atoms with Gasteiger partial charge in [0.1, 0.15) is 17.2 Å². The van der Waals surface area contributed by atoms with E-state index in [-0.39, 0.29) is 36.4 Å². The number of rotatable bonds is 3. The Morgan fingerprint density at radius 3 is 2.61 bits per heavy atom. The van der Waals surface area contributed by atoms with Crippen LogP contribution >= 0.6 is 0 Å². The first-order valence-electron chi connectivity index (χ1n) is 14.5. The summed E-state index contributed by atoms with van der Waals surface area (Å²) in [5.41, 5.74) is 1.34. The Kier molecular flexibility index (Phi) is 9.09. The lowest BCUT2D eigenvalue weighted by Gasteiger charge is -2.45. The third kappa shape index (κ3) is 7.18. The van der Waals surface area contributed by atoms with Crippen LogP contribution in [0.5, 0.6) is 17.2 Å². The number of piperidine rings is 2. The molecule has 0 spiro atoms. The molecule has 2 aromatic carbocycles. The number of fused-ring (bicyclic) bond motifs is 5. The molecule has 2 fully saturated rings. The molecule has 1 N–H and O–H groups in total. The van der Waals surface area contributed by atoms with Crippen molar-refractivity contribution < 1.29 is 28.6 Å². The first-order valence-corrected chi connectivity index (χ1v) is 14.5. The van der Waals surface area contributed by atoms with Crippen LogP contribution < -0.4 is 14.8 Å². The lowest BCUT2D eigenvalue weighted by Crippen LogP contribution is -2.60. The van der Waals surface area contributed by atoms with E-state index < -0.39 is 0 Å². The van der Waals surface area contributed by atoms with E-state index in [1.807, 2.05) is 36.1 Å². The number of amides is 3. The molecule has 0 saturated carbocycles. The van der Waals surface area contributed by atoms with Crippen molar-refractivity contribution in [2.75, 3.05) is 46.4 Å². The van der Waals surface area contributed by atoms with Crippen molar-refractivity contribution in [1.29, 1.82) is 0 Å². The highest BCUT2D eigenvalue weighted by Crippen LogP contribution is 2.30. The maximum absolute atomic E-state index is 13.4. The number of nitrogens with one attached hydrogen (secondary N) is 1. The van der Waals surface area contributed by atoms with Crippen molar-refractivity contribution in [3.63, 3.8) is 0 Å². The average Bonchev–Trinajstić information content (AvgIpc) is 2.96. The predicted molar refractivity (Wildman–Crippen MR) is 153 cm³/mol. The van der Waals surface area contributed by atoms with Gasteiger partial charge < -0.3 is 29.3 Å². The van der Waals surface area contributed by atoms with Gasteiger partial charge in [0.2, 0.25) is 11.8 Å². The van der Waals surface area contributed by atoms with Crippen LogP contribution in [-0.4, -0.2) is 97.0 Å². The van der Waals surface area contributed by atoms with Gasteiger partial charge in [0.25, 0.3) is 5.91 Å². The Morgan fingerprint density at radius 1 is 1.05 bits per heavy atom. The fourth-order valence-corrected chi connectivity index (χ4v) is 5.97. The van der Waals surface area contributed by atoms with Crippen molar-refractivity contribution >= 4 is 17.7 Å². The Hall–Kier alpha value is -3.63. The van der Waals surface area contributed by atoms with Crippen LogP contribution in [0.3, 0.4) is 0 Å². The molecule has 2 atom stereocenters. The zero-order valence-corrected chi connectivity index (χ0v) is 24.1. The molecule has 220 valence electrons. The van der Waals surface area contributed by atoms with Gasteiger partial charge in [-0.1, -0.05) is 12.1 Å². The Bertz CT molecular complexity index is 1260. The lowest BCUT2D eigenvalue weighted by molar-refractivity contribution is -0.131. The van der Waals surface area contributed by atoms with Gasteiger partial charge in [0, 0.05) is 57.8 Å². The quantitative estimate of drug-likeness (QED) is 0.612. The van der Waals surface area contributed by atoms with Gasteiger partial charge in [-0.05, 0) is 56.0 Å². The summed E-state index contributed by atoms with van der Waals surface area (Å²) in [6, 6.07) is 12.9. The van der Waals surface area contributed by atoms with Gasteiger partial charge in [-0.15, -0.1) is 0 Å². The van der Waals surface area contributed by atoms with E-state index in [9.17, 15) is 14.4 Å². The maximum atomic E-state index is 13.4. The van der Waals surface area contributed by atoms with Crippen LogP contribution in [0.1, 0.15) is 49.0 Å². The van der Waals surface area contributed by atoms with E-state index >= 15 is 0 Å². The summed E-state index contributed by atoms with van der Waals surface area (Å²) >= 11 is 0. The molecule has 3 amide bonds. The number of hydrogen-bond donors (Lipinski definition) is 1. The molecule has 3 aliphatic heterocycles. The first kappa shape index (κ1) is 28.9. The van der Waals surface area contributed by atoms with E-state index in [1.54, 1.807) is 32.2 Å². The molecule has 41 heavy (non-hydrogen) atoms. The van der Waals surface area contributed by atoms with Crippen LogP contribution in [0.25, 0.3) is 0 Å². The average molecular weight is 565 g/mol. The summed E-state index contributed by atoms with van der Waals surface area (Å²) in [6.07, 6.45) is 2.43. The van der Waals surface area contributed by atoms with Crippen LogP contribution in [-0.2, 0) is 20.9 Å². The molecule has 2 aromatic rings. The predicted octanol–water partition coefficient (Wildman–Crippen LogP) is 3.05. The Balaban J connectivity index is 1.37. The zero-order valence-electron chi connectivity index (χ0n) is 24.1. The minimum atomic E-state index is -0.303. The Labute approximate surface area is 241 Å². The largest absolute Gasteiger partial charge is 0.494 e. The smallest absolute Gasteiger partial charge is 0.254 e. The van der Waals surface area contributed by atoms with Gasteiger partial charge in [-0.2, -0.15) is 0 Å². The number of likely N-dealkylation sites (N-methyl/N-ethyl adjacent to an activating group) is 1. The minimum Gasteiger partial charge on any atom is -0.494 e. The fraction of sp³-hybridized carbons (Fsp3) is 0.516. The summed E-state index contributed by atoms with van der Waals surface area (Å²) < 4.78 is 18.2. The highest BCUT2D eigenvalue weighted by Gasteiger charge is 2.36. The molecular weight excluding hydrogens is 524 g/mol. The second-order valence-electron chi connectivity index (χ2n) is 11.1. The number of likely N-dealkylation sites (tertiary alicyclic amines) is 2. The Morgan fingerprint density at radius 2 is 1.85 bits per heavy atom. The van der Waals surface area contributed by atoms with Crippen molar-refractivity contribution in [2.45, 2.75) is 57.9 Å². The SMILES string of the molecule is CCOc1cc2cc(c1)C(=O)N(C)CC(=O)N[C@H]1CN(C3CCN(C(C)=O)CC3)CC[C@H]1OCc1cccc(c1)O2. The zero-order chi connectivity index (χ0) is 28.9. The molecule has 5 rings (SSSR count). The molecule has 10 nitrogen and oxygen atoms in total. The number of carbonyl (C=O) groups excluding carboxylic acids is 3. The molecule has 10 heteroatoms. The van der Waals surface area contributed by atoms with E-state index in [0.717, 1.165) is 44.5 Å². The number of hydrogen-bond acceptors (Lipinski definition) is 7. The monoisotopic (exact) mass is 564 g/mol. The highest BCUT2D eigenvalue weighted by atomic mass is 16.5. The van der Waals surface area contributed by atoms with Crippen molar-refractivity contribution in [1.82, 2.24) is 20.0 Å². The van der Waals surface area contributed by atoms with Crippen LogP contribution in [0.15, 0.2) is 42.5 Å². The second kappa shape index (κ2) is 12.9. The molecule has 2 saturated heterocycles. The molecule has 0 unspecified atom stereocenters. The molecule has 3 heterocycles. The van der Waals surface area contributed by atoms with Crippen molar-refractivity contribution in [3.05, 3.63) is 53.6 Å². The third-order valence-electron chi connectivity index (χ3n) is 8.12. The van der Waals surface area contributed by atoms with Crippen LogP contribution in [0.2, 0.25) is 0 Å². The van der Waals surface area contributed by atoms with Gasteiger partial charge >= 0.3 is 0 Å². The molecule has 3 aliphatic rings. The summed E-state index contributed by atoms with van der Waals surface area (Å²) in [4.78, 5) is 44.1. The first-order chi connectivity index (χ1) is 19.8. The van der Waals surface area contributed by atoms with Gasteiger partial charge in [0.15, 0.2) is 0 Å². The van der Waals surface area contributed by atoms with Crippen LogP contribution in [0, 0.1) is 0 Å². The number of ether oxygens (including phenoxy) is 3. The van der Waals surface area contributed by atoms with Crippen LogP contribution in [0.4, 0.5) is 0 Å². The van der Waals surface area contributed by atoms with Gasteiger partial charge in [0.05, 0.1) is 31.9 Å². The molecule has 4 bridgehead atoms. The normalized spacial score (nSPS) is 22.9.